The molecule has 3 nitrogen and oxygen atoms in total. The van der Waals surface area contributed by atoms with E-state index in [0.717, 1.165) is 5.75 Å². The Morgan fingerprint density at radius 2 is 2.00 bits per heavy atom. The smallest absolute Gasteiger partial charge is 0.188 e. The van der Waals surface area contributed by atoms with E-state index >= 15 is 0 Å². The summed E-state index contributed by atoms with van der Waals surface area (Å²) < 4.78 is 5.03. The topological polar surface area (TPSA) is 38.7 Å². The molecule has 0 atom stereocenters. The Morgan fingerprint density at radius 1 is 1.35 bits per heavy atom. The Kier molecular flexibility index (Phi) is 4.88. The summed E-state index contributed by atoms with van der Waals surface area (Å²) in [5.41, 5.74) is 1.29. The molecular formula is C14H15NO2. The number of nitrogens with zero attached hydrogens (tertiary/aromatic N) is 1. The van der Waals surface area contributed by atoms with Gasteiger partial charge in [0.05, 0.1) is 7.11 Å². The molecule has 0 heterocycles. The average molecular weight is 229 g/mol. The number of ketones is 1. The molecule has 0 saturated heterocycles. The fourth-order valence-corrected chi connectivity index (χ4v) is 1.29. The maximum atomic E-state index is 11.9. The van der Waals surface area contributed by atoms with Crippen LogP contribution in [0.5, 0.6) is 5.75 Å². The number of carbonyl (C=O) groups excluding carboxylic acids is 1. The number of rotatable bonds is 5. The second-order valence-corrected chi connectivity index (χ2v) is 3.43. The summed E-state index contributed by atoms with van der Waals surface area (Å²) >= 11 is 0. The van der Waals surface area contributed by atoms with E-state index in [1.807, 2.05) is 0 Å². The molecular weight excluding hydrogens is 214 g/mol. The van der Waals surface area contributed by atoms with E-state index in [9.17, 15) is 4.79 Å². The van der Waals surface area contributed by atoms with Gasteiger partial charge in [-0.3, -0.25) is 9.79 Å². The Labute approximate surface area is 101 Å². The van der Waals surface area contributed by atoms with Crippen molar-refractivity contribution in [1.29, 1.82) is 0 Å². The molecule has 17 heavy (non-hydrogen) atoms. The molecule has 0 amide bonds. The summed E-state index contributed by atoms with van der Waals surface area (Å²) in [6.45, 7) is 5.08. The van der Waals surface area contributed by atoms with Crippen LogP contribution in [0.3, 0.4) is 0 Å². The van der Waals surface area contributed by atoms with Crippen LogP contribution in [-0.4, -0.2) is 19.6 Å². The first-order valence-corrected chi connectivity index (χ1v) is 5.17. The van der Waals surface area contributed by atoms with E-state index in [4.69, 9.17) is 4.74 Å². The third-order valence-corrected chi connectivity index (χ3v) is 2.25. The Morgan fingerprint density at radius 3 is 2.53 bits per heavy atom. The summed E-state index contributed by atoms with van der Waals surface area (Å²) in [7, 11) is 1.59. The molecule has 1 aromatic rings. The molecule has 0 bridgehead atoms. The van der Waals surface area contributed by atoms with Gasteiger partial charge in [0.25, 0.3) is 0 Å². The molecule has 0 N–H and O–H groups in total. The van der Waals surface area contributed by atoms with Gasteiger partial charge in [0.1, 0.15) is 5.75 Å². The molecule has 1 aromatic carbocycles. The zero-order valence-electron chi connectivity index (χ0n) is 10.0. The summed E-state index contributed by atoms with van der Waals surface area (Å²) in [6, 6.07) is 7.02. The van der Waals surface area contributed by atoms with E-state index in [-0.39, 0.29) is 5.78 Å². The molecule has 0 aliphatic heterocycles. The first-order valence-electron chi connectivity index (χ1n) is 5.17. The molecule has 0 aromatic heterocycles. The lowest BCUT2D eigenvalue weighted by Crippen LogP contribution is -2.00. The first-order chi connectivity index (χ1) is 8.19. The van der Waals surface area contributed by atoms with Gasteiger partial charge in [-0.05, 0) is 49.6 Å². The molecule has 0 unspecified atom stereocenters. The highest BCUT2D eigenvalue weighted by Crippen LogP contribution is 2.14. The minimum absolute atomic E-state index is 0.0126. The fourth-order valence-electron chi connectivity index (χ4n) is 1.29. The summed E-state index contributed by atoms with van der Waals surface area (Å²) in [5.74, 6) is 0.723. The highest BCUT2D eigenvalue weighted by molar-refractivity contribution is 6.08. The molecule has 0 aliphatic rings. The van der Waals surface area contributed by atoms with Crippen LogP contribution in [0, 0.1) is 0 Å². The second kappa shape index (κ2) is 6.43. The molecule has 3 heteroatoms. The molecule has 0 radical (unpaired) electrons. The van der Waals surface area contributed by atoms with Crippen molar-refractivity contribution in [2.45, 2.75) is 6.92 Å². The van der Waals surface area contributed by atoms with Crippen LogP contribution in [0.25, 0.3) is 0 Å². The van der Waals surface area contributed by atoms with Crippen LogP contribution in [0.15, 0.2) is 53.2 Å². The number of hydrogen-bond donors (Lipinski definition) is 0. The largest absolute Gasteiger partial charge is 0.497 e. The van der Waals surface area contributed by atoms with Crippen LogP contribution in [0.4, 0.5) is 0 Å². The van der Waals surface area contributed by atoms with Crippen molar-refractivity contribution in [2.75, 3.05) is 7.11 Å². The highest BCUT2D eigenvalue weighted by Gasteiger charge is 2.06. The SMILES string of the molecule is C=N/C=C\C=C(/C)C(=O)c1ccc(OC)cc1. The maximum absolute atomic E-state index is 11.9. The van der Waals surface area contributed by atoms with Crippen LogP contribution in [-0.2, 0) is 0 Å². The number of ether oxygens (including phenoxy) is 1. The lowest BCUT2D eigenvalue weighted by Gasteiger charge is -2.02. The monoisotopic (exact) mass is 229 g/mol. The van der Waals surface area contributed by atoms with Crippen molar-refractivity contribution in [1.82, 2.24) is 0 Å². The predicted octanol–water partition coefficient (Wildman–Crippen LogP) is 3.04. The zero-order valence-corrected chi connectivity index (χ0v) is 10.0. The van der Waals surface area contributed by atoms with Gasteiger partial charge in [0.15, 0.2) is 5.78 Å². The first kappa shape index (κ1) is 12.9. The minimum Gasteiger partial charge on any atom is -0.497 e. The van der Waals surface area contributed by atoms with Crippen LogP contribution in [0.1, 0.15) is 17.3 Å². The summed E-state index contributed by atoms with van der Waals surface area (Å²) in [5, 5.41) is 0. The number of Topliss-reactive ketones (excluding diaryl/α,β-unsaturated/α-hetero) is 1. The van der Waals surface area contributed by atoms with Crippen molar-refractivity contribution in [2.24, 2.45) is 4.99 Å². The van der Waals surface area contributed by atoms with Gasteiger partial charge in [-0.1, -0.05) is 6.08 Å². The van der Waals surface area contributed by atoms with Gasteiger partial charge in [-0.2, -0.15) is 0 Å². The number of aliphatic imine (C=N–C) groups is 1. The normalized spacial score (nSPS) is 11.5. The molecule has 0 aliphatic carbocycles. The number of hydrogen-bond acceptors (Lipinski definition) is 3. The molecule has 0 spiro atoms. The molecule has 88 valence electrons. The number of methoxy groups -OCH3 is 1. The third-order valence-electron chi connectivity index (χ3n) is 2.25. The minimum atomic E-state index is -0.0126. The zero-order chi connectivity index (χ0) is 12.7. The standard InChI is InChI=1S/C14H15NO2/c1-11(5-4-10-15-2)14(16)12-6-8-13(17-3)9-7-12/h4-10H,2H2,1,3H3/b10-4-,11-5+. The quantitative estimate of drug-likeness (QED) is 0.337. The van der Waals surface area contributed by atoms with Crippen LogP contribution < -0.4 is 4.74 Å². The van der Waals surface area contributed by atoms with Gasteiger partial charge < -0.3 is 4.74 Å². The fraction of sp³-hybridized carbons (Fsp3) is 0.143. The number of allylic oxidation sites excluding steroid dienone is 3. The van der Waals surface area contributed by atoms with E-state index in [1.54, 1.807) is 50.5 Å². The van der Waals surface area contributed by atoms with Crippen LogP contribution >= 0.6 is 0 Å². The summed E-state index contributed by atoms with van der Waals surface area (Å²) in [4.78, 5) is 15.5. The van der Waals surface area contributed by atoms with Gasteiger partial charge in [0.2, 0.25) is 0 Å². The van der Waals surface area contributed by atoms with Gasteiger partial charge in [-0.15, -0.1) is 0 Å². The lowest BCUT2D eigenvalue weighted by molar-refractivity contribution is 0.103. The molecule has 0 fully saturated rings. The molecule has 1 rings (SSSR count). The lowest BCUT2D eigenvalue weighted by atomic mass is 10.0. The van der Waals surface area contributed by atoms with E-state index < -0.39 is 0 Å². The van der Waals surface area contributed by atoms with Crippen LogP contribution in [0.2, 0.25) is 0 Å². The van der Waals surface area contributed by atoms with E-state index in [2.05, 4.69) is 11.7 Å². The number of carbonyl (C=O) groups is 1. The van der Waals surface area contributed by atoms with Crippen molar-refractivity contribution >= 4 is 12.5 Å². The van der Waals surface area contributed by atoms with Crippen molar-refractivity contribution in [3.8, 4) is 5.75 Å². The Hall–Kier alpha value is -2.16. The van der Waals surface area contributed by atoms with E-state index in [1.165, 1.54) is 6.20 Å². The predicted molar refractivity (Wildman–Crippen MR) is 69.8 cm³/mol. The molecule has 0 saturated carbocycles. The third kappa shape index (κ3) is 3.72. The average Bonchev–Trinajstić information content (AvgIpc) is 2.38. The maximum Gasteiger partial charge on any atom is 0.188 e. The van der Waals surface area contributed by atoms with Gasteiger partial charge in [-0.25, -0.2) is 0 Å². The number of benzene rings is 1. The van der Waals surface area contributed by atoms with Crippen molar-refractivity contribution < 1.29 is 9.53 Å². The van der Waals surface area contributed by atoms with Crippen molar-refractivity contribution in [3.63, 3.8) is 0 Å². The van der Waals surface area contributed by atoms with E-state index in [0.29, 0.717) is 11.1 Å². The van der Waals surface area contributed by atoms with Crippen molar-refractivity contribution in [3.05, 3.63) is 53.8 Å². The Balaban J connectivity index is 2.84. The second-order valence-electron chi connectivity index (χ2n) is 3.43. The highest BCUT2D eigenvalue weighted by atomic mass is 16.5. The van der Waals surface area contributed by atoms with Gasteiger partial charge >= 0.3 is 0 Å². The summed E-state index contributed by atoms with van der Waals surface area (Å²) in [6.07, 6.45) is 4.93. The van der Waals surface area contributed by atoms with Gasteiger partial charge in [0, 0.05) is 11.8 Å². The Bertz CT molecular complexity index is 456.